The van der Waals surface area contributed by atoms with Crippen LogP contribution in [-0.2, 0) is 5.75 Å². The fourth-order valence-corrected chi connectivity index (χ4v) is 3.95. The van der Waals surface area contributed by atoms with Gasteiger partial charge in [0.2, 0.25) is 5.16 Å². The fourth-order valence-electron chi connectivity index (χ4n) is 2.52. The Bertz CT molecular complexity index is 990. The first-order valence-corrected chi connectivity index (χ1v) is 9.55. The van der Waals surface area contributed by atoms with Gasteiger partial charge in [-0.05, 0) is 47.4 Å². The summed E-state index contributed by atoms with van der Waals surface area (Å²) in [5.41, 5.74) is 4.20. The predicted molar refractivity (Wildman–Crippen MR) is 98.0 cm³/mol. The van der Waals surface area contributed by atoms with Gasteiger partial charge >= 0.3 is 0 Å². The quantitative estimate of drug-likeness (QED) is 0.489. The van der Waals surface area contributed by atoms with E-state index in [1.165, 1.54) is 17.3 Å². The summed E-state index contributed by atoms with van der Waals surface area (Å²) in [6.07, 6.45) is 0. The van der Waals surface area contributed by atoms with Gasteiger partial charge in [-0.3, -0.25) is 0 Å². The lowest BCUT2D eigenvalue weighted by Crippen LogP contribution is -2.01. The molecule has 0 unspecified atom stereocenters. The molecule has 3 aromatic heterocycles. The Hall–Kier alpha value is -2.45. The summed E-state index contributed by atoms with van der Waals surface area (Å²) in [5.74, 6) is 1.43. The number of aromatic nitrogens is 5. The first-order valence-electron chi connectivity index (χ1n) is 7.69. The van der Waals surface area contributed by atoms with Crippen molar-refractivity contribution in [2.75, 3.05) is 0 Å². The molecule has 0 spiro atoms. The molecule has 0 aliphatic heterocycles. The molecule has 4 rings (SSSR count). The molecule has 3 heterocycles. The maximum atomic E-state index is 5.41. The number of benzene rings is 1. The zero-order valence-electron chi connectivity index (χ0n) is 13.7. The lowest BCUT2D eigenvalue weighted by Gasteiger charge is -2.07. The molecule has 0 bridgehead atoms. The molecule has 0 atom stereocenters. The lowest BCUT2D eigenvalue weighted by atomic mass is 10.1. The van der Waals surface area contributed by atoms with E-state index in [9.17, 15) is 0 Å². The minimum absolute atomic E-state index is 0.639. The standard InChI is InChI=1S/C17H15N5OS2/c1-11-5-6-14(12(2)8-11)22-17(18-20-21-22)25-10-13-9-15(23-19-13)16-4-3-7-24-16/h3-9H,10H2,1-2H3. The zero-order chi connectivity index (χ0) is 17.2. The summed E-state index contributed by atoms with van der Waals surface area (Å²) in [4.78, 5) is 1.07. The Kier molecular flexibility index (Phi) is 4.37. The minimum Gasteiger partial charge on any atom is -0.355 e. The summed E-state index contributed by atoms with van der Waals surface area (Å²) in [7, 11) is 0. The average molecular weight is 369 g/mol. The second-order valence-electron chi connectivity index (χ2n) is 5.61. The molecule has 0 fully saturated rings. The van der Waals surface area contributed by atoms with Crippen LogP contribution in [0.25, 0.3) is 16.3 Å². The molecule has 0 saturated carbocycles. The van der Waals surface area contributed by atoms with Gasteiger partial charge in [0.05, 0.1) is 16.3 Å². The van der Waals surface area contributed by atoms with Crippen molar-refractivity contribution in [3.05, 3.63) is 58.6 Å². The van der Waals surface area contributed by atoms with Crippen LogP contribution >= 0.6 is 23.1 Å². The third-order valence-electron chi connectivity index (χ3n) is 3.69. The molecule has 4 aromatic rings. The Morgan fingerprint density at radius 1 is 1.20 bits per heavy atom. The molecule has 0 radical (unpaired) electrons. The van der Waals surface area contributed by atoms with Crippen molar-refractivity contribution in [3.8, 4) is 16.3 Å². The number of tetrazole rings is 1. The Labute approximate surface area is 152 Å². The van der Waals surface area contributed by atoms with Crippen molar-refractivity contribution < 1.29 is 4.52 Å². The molecular weight excluding hydrogens is 354 g/mol. The van der Waals surface area contributed by atoms with Crippen LogP contribution < -0.4 is 0 Å². The highest BCUT2D eigenvalue weighted by Crippen LogP contribution is 2.28. The molecule has 0 aliphatic rings. The predicted octanol–water partition coefficient (Wildman–Crippen LogP) is 4.29. The van der Waals surface area contributed by atoms with E-state index in [1.54, 1.807) is 16.0 Å². The number of nitrogens with zero attached hydrogens (tertiary/aromatic N) is 5. The molecule has 0 N–H and O–H groups in total. The number of rotatable bonds is 5. The van der Waals surface area contributed by atoms with Gasteiger partial charge in [-0.15, -0.1) is 16.4 Å². The molecule has 0 aliphatic carbocycles. The lowest BCUT2D eigenvalue weighted by molar-refractivity contribution is 0.427. The van der Waals surface area contributed by atoms with Crippen molar-refractivity contribution in [3.63, 3.8) is 0 Å². The van der Waals surface area contributed by atoms with E-state index in [0.717, 1.165) is 32.7 Å². The van der Waals surface area contributed by atoms with Crippen LogP contribution in [0.1, 0.15) is 16.8 Å². The number of aryl methyl sites for hydroxylation is 2. The van der Waals surface area contributed by atoms with Crippen molar-refractivity contribution in [1.82, 2.24) is 25.4 Å². The highest BCUT2D eigenvalue weighted by molar-refractivity contribution is 7.98. The molecule has 25 heavy (non-hydrogen) atoms. The van der Waals surface area contributed by atoms with Gasteiger partial charge in [0.25, 0.3) is 0 Å². The van der Waals surface area contributed by atoms with Gasteiger partial charge in [0.1, 0.15) is 0 Å². The third kappa shape index (κ3) is 3.35. The number of thioether (sulfide) groups is 1. The summed E-state index contributed by atoms with van der Waals surface area (Å²) in [5, 5.41) is 19.0. The Morgan fingerprint density at radius 3 is 2.92 bits per heavy atom. The Balaban J connectivity index is 1.52. The summed E-state index contributed by atoms with van der Waals surface area (Å²) >= 11 is 3.16. The zero-order valence-corrected chi connectivity index (χ0v) is 15.3. The van der Waals surface area contributed by atoms with Crippen LogP contribution in [-0.4, -0.2) is 25.4 Å². The van der Waals surface area contributed by atoms with Gasteiger partial charge < -0.3 is 4.52 Å². The first kappa shape index (κ1) is 16.0. The van der Waals surface area contributed by atoms with Crippen molar-refractivity contribution in [2.24, 2.45) is 0 Å². The van der Waals surface area contributed by atoms with Crippen LogP contribution in [0, 0.1) is 13.8 Å². The molecule has 8 heteroatoms. The van der Waals surface area contributed by atoms with Gasteiger partial charge in [-0.25, -0.2) is 0 Å². The molecule has 0 saturated heterocycles. The maximum absolute atomic E-state index is 5.41. The normalized spacial score (nSPS) is 11.1. The fraction of sp³-hybridized carbons (Fsp3) is 0.176. The third-order valence-corrected chi connectivity index (χ3v) is 5.53. The topological polar surface area (TPSA) is 69.6 Å². The number of thiophene rings is 1. The van der Waals surface area contributed by atoms with Gasteiger partial charge in [-0.1, -0.05) is 40.7 Å². The van der Waals surface area contributed by atoms with Crippen LogP contribution in [0.4, 0.5) is 0 Å². The Morgan fingerprint density at radius 2 is 2.12 bits per heavy atom. The second-order valence-corrected chi connectivity index (χ2v) is 7.50. The average Bonchev–Trinajstić information content (AvgIpc) is 3.34. The van der Waals surface area contributed by atoms with E-state index < -0.39 is 0 Å². The van der Waals surface area contributed by atoms with Crippen molar-refractivity contribution in [1.29, 1.82) is 0 Å². The van der Waals surface area contributed by atoms with E-state index in [-0.39, 0.29) is 0 Å². The summed E-state index contributed by atoms with van der Waals surface area (Å²) in [6.45, 7) is 4.13. The van der Waals surface area contributed by atoms with Crippen LogP contribution in [0.3, 0.4) is 0 Å². The molecule has 126 valence electrons. The largest absolute Gasteiger partial charge is 0.355 e. The number of hydrogen-bond donors (Lipinski definition) is 0. The maximum Gasteiger partial charge on any atom is 0.214 e. The van der Waals surface area contributed by atoms with Crippen LogP contribution in [0.15, 0.2) is 51.5 Å². The summed E-state index contributed by atoms with van der Waals surface area (Å²) < 4.78 is 7.18. The second kappa shape index (κ2) is 6.81. The molecule has 6 nitrogen and oxygen atoms in total. The molecule has 0 amide bonds. The van der Waals surface area contributed by atoms with Crippen molar-refractivity contribution >= 4 is 23.1 Å². The number of hydrogen-bond acceptors (Lipinski definition) is 7. The highest BCUT2D eigenvalue weighted by Gasteiger charge is 2.13. The first-order chi connectivity index (χ1) is 12.2. The van der Waals surface area contributed by atoms with Gasteiger partial charge in [0, 0.05) is 11.8 Å². The molecular formula is C17H15N5OS2. The SMILES string of the molecule is Cc1ccc(-n2nnnc2SCc2cc(-c3cccs3)on2)c(C)c1. The summed E-state index contributed by atoms with van der Waals surface area (Å²) in [6, 6.07) is 12.2. The smallest absolute Gasteiger partial charge is 0.214 e. The van der Waals surface area contributed by atoms with Crippen LogP contribution in [0.5, 0.6) is 0 Å². The van der Waals surface area contributed by atoms with Crippen LogP contribution in [0.2, 0.25) is 0 Å². The van der Waals surface area contributed by atoms with Crippen molar-refractivity contribution in [2.45, 2.75) is 24.8 Å². The van der Waals surface area contributed by atoms with Gasteiger partial charge in [0.15, 0.2) is 5.76 Å². The van der Waals surface area contributed by atoms with E-state index in [4.69, 9.17) is 4.52 Å². The molecule has 1 aromatic carbocycles. The van der Waals surface area contributed by atoms with E-state index >= 15 is 0 Å². The van der Waals surface area contributed by atoms with E-state index in [0.29, 0.717) is 5.75 Å². The van der Waals surface area contributed by atoms with E-state index in [1.807, 2.05) is 29.6 Å². The van der Waals surface area contributed by atoms with E-state index in [2.05, 4.69) is 46.7 Å². The van der Waals surface area contributed by atoms with Gasteiger partial charge in [-0.2, -0.15) is 4.68 Å². The monoisotopic (exact) mass is 369 g/mol. The minimum atomic E-state index is 0.639. The highest BCUT2D eigenvalue weighted by atomic mass is 32.2.